The normalized spacial score (nSPS) is 21.5. The molecule has 1 aromatic rings. The van der Waals surface area contributed by atoms with Gasteiger partial charge in [0, 0.05) is 11.6 Å². The molecule has 3 N–H and O–H groups in total. The number of halogens is 1. The number of amides is 1. The van der Waals surface area contributed by atoms with Gasteiger partial charge in [0.25, 0.3) is 5.91 Å². The minimum absolute atomic E-state index is 0.308. The number of carboxylic acids is 1. The molecule has 21 heavy (non-hydrogen) atoms. The van der Waals surface area contributed by atoms with E-state index in [1.54, 1.807) is 23.1 Å². The molecule has 1 amide bonds. The average Bonchev–Trinajstić information content (AvgIpc) is 2.83. The Morgan fingerprint density at radius 1 is 1.48 bits per heavy atom. The third-order valence-electron chi connectivity index (χ3n) is 4.07. The SMILES string of the molecule is CCCC1(C(=O)O)CCCN1c1cc(Cl)ccc1C(N)=O. The highest BCUT2D eigenvalue weighted by atomic mass is 35.5. The zero-order valence-corrected chi connectivity index (χ0v) is 12.7. The van der Waals surface area contributed by atoms with Crippen LogP contribution in [-0.4, -0.2) is 29.1 Å². The molecule has 0 bridgehead atoms. The fraction of sp³-hybridized carbons (Fsp3) is 0.467. The molecule has 1 aromatic carbocycles. The lowest BCUT2D eigenvalue weighted by Crippen LogP contribution is -2.51. The van der Waals surface area contributed by atoms with E-state index in [9.17, 15) is 14.7 Å². The van der Waals surface area contributed by atoms with Crippen molar-refractivity contribution < 1.29 is 14.7 Å². The van der Waals surface area contributed by atoms with Gasteiger partial charge in [-0.05, 0) is 37.5 Å². The standard InChI is InChI=1S/C15H19ClN2O3/c1-2-6-15(14(20)21)7-3-8-18(15)12-9-10(16)4-5-11(12)13(17)19/h4-5,9H,2-3,6-8H2,1H3,(H2,17,19)(H,20,21). The van der Waals surface area contributed by atoms with Crippen LogP contribution in [-0.2, 0) is 4.79 Å². The largest absolute Gasteiger partial charge is 0.479 e. The number of rotatable bonds is 5. The van der Waals surface area contributed by atoms with Gasteiger partial charge in [0.15, 0.2) is 0 Å². The van der Waals surface area contributed by atoms with E-state index in [1.165, 1.54) is 0 Å². The van der Waals surface area contributed by atoms with Crippen molar-refractivity contribution in [3.05, 3.63) is 28.8 Å². The number of carbonyl (C=O) groups is 2. The molecule has 0 aliphatic carbocycles. The summed E-state index contributed by atoms with van der Waals surface area (Å²) >= 11 is 6.02. The van der Waals surface area contributed by atoms with Crippen LogP contribution < -0.4 is 10.6 Å². The number of hydrogen-bond acceptors (Lipinski definition) is 3. The molecule has 1 aliphatic heterocycles. The number of carbonyl (C=O) groups excluding carboxylic acids is 1. The van der Waals surface area contributed by atoms with Crippen LogP contribution in [0.5, 0.6) is 0 Å². The molecule has 0 aromatic heterocycles. The zero-order valence-electron chi connectivity index (χ0n) is 11.9. The number of benzene rings is 1. The molecule has 0 saturated carbocycles. The van der Waals surface area contributed by atoms with Crippen LogP contribution in [0.4, 0.5) is 5.69 Å². The lowest BCUT2D eigenvalue weighted by Gasteiger charge is -2.37. The first-order valence-corrected chi connectivity index (χ1v) is 7.40. The summed E-state index contributed by atoms with van der Waals surface area (Å²) in [5, 5.41) is 10.2. The number of aliphatic carboxylic acids is 1. The number of nitrogens with two attached hydrogens (primary N) is 1. The molecule has 1 saturated heterocycles. The van der Waals surface area contributed by atoms with Crippen molar-refractivity contribution >= 4 is 29.2 Å². The molecule has 1 aliphatic rings. The Balaban J connectivity index is 2.56. The van der Waals surface area contributed by atoms with E-state index in [-0.39, 0.29) is 0 Å². The van der Waals surface area contributed by atoms with Crippen LogP contribution in [0.1, 0.15) is 43.0 Å². The quantitative estimate of drug-likeness (QED) is 0.875. The predicted molar refractivity (Wildman–Crippen MR) is 81.8 cm³/mol. The molecule has 0 radical (unpaired) electrons. The van der Waals surface area contributed by atoms with E-state index >= 15 is 0 Å². The Morgan fingerprint density at radius 3 is 2.76 bits per heavy atom. The first kappa shape index (κ1) is 15.6. The van der Waals surface area contributed by atoms with Crippen molar-refractivity contribution in [2.45, 2.75) is 38.1 Å². The van der Waals surface area contributed by atoms with E-state index in [1.807, 2.05) is 6.92 Å². The molecule has 2 rings (SSSR count). The summed E-state index contributed by atoms with van der Waals surface area (Å²) in [6, 6.07) is 4.76. The van der Waals surface area contributed by atoms with Crippen molar-refractivity contribution in [2.24, 2.45) is 5.73 Å². The molecular formula is C15H19ClN2O3. The van der Waals surface area contributed by atoms with Crippen LogP contribution in [0.2, 0.25) is 5.02 Å². The second kappa shape index (κ2) is 5.93. The fourth-order valence-electron chi connectivity index (χ4n) is 3.17. The summed E-state index contributed by atoms with van der Waals surface area (Å²) < 4.78 is 0. The van der Waals surface area contributed by atoms with E-state index in [0.29, 0.717) is 35.7 Å². The molecule has 114 valence electrons. The summed E-state index contributed by atoms with van der Waals surface area (Å²) in [5.41, 5.74) is 5.26. The van der Waals surface area contributed by atoms with Crippen molar-refractivity contribution in [3.63, 3.8) is 0 Å². The lowest BCUT2D eigenvalue weighted by molar-refractivity contribution is -0.143. The third-order valence-corrected chi connectivity index (χ3v) is 4.30. The number of carboxylic acid groups (broad SMARTS) is 1. The monoisotopic (exact) mass is 310 g/mol. The Labute approximate surface area is 128 Å². The predicted octanol–water partition coefficient (Wildman–Crippen LogP) is 2.66. The third kappa shape index (κ3) is 2.70. The van der Waals surface area contributed by atoms with Crippen LogP contribution in [0, 0.1) is 0 Å². The summed E-state index contributed by atoms with van der Waals surface area (Å²) in [6.45, 7) is 2.53. The van der Waals surface area contributed by atoms with Crippen molar-refractivity contribution in [1.29, 1.82) is 0 Å². The Morgan fingerprint density at radius 2 is 2.19 bits per heavy atom. The van der Waals surface area contributed by atoms with E-state index in [0.717, 1.165) is 12.8 Å². The van der Waals surface area contributed by atoms with Gasteiger partial charge in [-0.1, -0.05) is 24.9 Å². The summed E-state index contributed by atoms with van der Waals surface area (Å²) in [4.78, 5) is 25.3. The van der Waals surface area contributed by atoms with Gasteiger partial charge in [-0.25, -0.2) is 4.79 Å². The second-order valence-corrected chi connectivity index (χ2v) is 5.80. The maximum Gasteiger partial charge on any atom is 0.329 e. The summed E-state index contributed by atoms with van der Waals surface area (Å²) in [5.74, 6) is -1.44. The van der Waals surface area contributed by atoms with Crippen LogP contribution in [0.3, 0.4) is 0 Å². The Hall–Kier alpha value is -1.75. The van der Waals surface area contributed by atoms with E-state index in [2.05, 4.69) is 0 Å². The Bertz CT molecular complexity index is 576. The smallest absolute Gasteiger partial charge is 0.329 e. The highest BCUT2D eigenvalue weighted by molar-refractivity contribution is 6.31. The maximum atomic E-state index is 11.9. The first-order chi connectivity index (χ1) is 9.92. The zero-order chi connectivity index (χ0) is 15.6. The second-order valence-electron chi connectivity index (χ2n) is 5.37. The minimum Gasteiger partial charge on any atom is -0.479 e. The molecule has 1 heterocycles. The van der Waals surface area contributed by atoms with Gasteiger partial charge in [-0.15, -0.1) is 0 Å². The van der Waals surface area contributed by atoms with Crippen molar-refractivity contribution in [3.8, 4) is 0 Å². The van der Waals surface area contributed by atoms with Gasteiger partial charge < -0.3 is 15.7 Å². The van der Waals surface area contributed by atoms with Gasteiger partial charge >= 0.3 is 5.97 Å². The number of anilines is 1. The molecular weight excluding hydrogens is 292 g/mol. The highest BCUT2D eigenvalue weighted by Gasteiger charge is 2.47. The molecule has 1 unspecified atom stereocenters. The summed E-state index contributed by atoms with van der Waals surface area (Å²) in [7, 11) is 0. The first-order valence-electron chi connectivity index (χ1n) is 7.03. The van der Waals surface area contributed by atoms with E-state index in [4.69, 9.17) is 17.3 Å². The topological polar surface area (TPSA) is 83.6 Å². The van der Waals surface area contributed by atoms with E-state index < -0.39 is 17.4 Å². The van der Waals surface area contributed by atoms with Gasteiger partial charge in [0.1, 0.15) is 5.54 Å². The highest BCUT2D eigenvalue weighted by Crippen LogP contribution is 2.40. The number of nitrogens with zero attached hydrogens (tertiary/aromatic N) is 1. The van der Waals surface area contributed by atoms with Crippen LogP contribution in [0.25, 0.3) is 0 Å². The molecule has 6 heteroatoms. The van der Waals surface area contributed by atoms with Crippen LogP contribution in [0.15, 0.2) is 18.2 Å². The van der Waals surface area contributed by atoms with Crippen molar-refractivity contribution in [2.75, 3.05) is 11.4 Å². The van der Waals surface area contributed by atoms with Gasteiger partial charge in [-0.3, -0.25) is 4.79 Å². The average molecular weight is 311 g/mol. The summed E-state index contributed by atoms with van der Waals surface area (Å²) in [6.07, 6.45) is 2.58. The molecule has 1 atom stereocenters. The van der Waals surface area contributed by atoms with Gasteiger partial charge in [-0.2, -0.15) is 0 Å². The minimum atomic E-state index is -0.983. The molecule has 0 spiro atoms. The maximum absolute atomic E-state index is 11.9. The van der Waals surface area contributed by atoms with Gasteiger partial charge in [0.2, 0.25) is 0 Å². The number of primary amides is 1. The lowest BCUT2D eigenvalue weighted by atomic mass is 9.90. The van der Waals surface area contributed by atoms with Gasteiger partial charge in [0.05, 0.1) is 11.3 Å². The molecule has 1 fully saturated rings. The van der Waals surface area contributed by atoms with Crippen LogP contribution >= 0.6 is 11.6 Å². The number of hydrogen-bond donors (Lipinski definition) is 2. The molecule has 5 nitrogen and oxygen atoms in total. The van der Waals surface area contributed by atoms with Crippen molar-refractivity contribution in [1.82, 2.24) is 0 Å². The fourth-order valence-corrected chi connectivity index (χ4v) is 3.34. The Kier molecular flexibility index (Phi) is 4.42.